The van der Waals surface area contributed by atoms with Gasteiger partial charge in [-0.2, -0.15) is 0 Å². The molecular formula is C26H47N5O15. The second-order valence-electron chi connectivity index (χ2n) is 11.7. The van der Waals surface area contributed by atoms with Gasteiger partial charge in [0.15, 0.2) is 12.6 Å². The highest BCUT2D eigenvalue weighted by Crippen LogP contribution is 2.32. The molecule has 2 aliphatic heterocycles. The van der Waals surface area contributed by atoms with Crippen LogP contribution in [0.3, 0.4) is 0 Å². The van der Waals surface area contributed by atoms with Crippen LogP contribution in [0.25, 0.3) is 0 Å². The van der Waals surface area contributed by atoms with E-state index in [9.17, 15) is 55.2 Å². The van der Waals surface area contributed by atoms with Crippen molar-refractivity contribution in [2.75, 3.05) is 19.7 Å². The fourth-order valence-electron chi connectivity index (χ4n) is 5.66. The maximum Gasteiger partial charge on any atom is 0.249 e. The van der Waals surface area contributed by atoms with Crippen LogP contribution in [0.1, 0.15) is 26.7 Å². The van der Waals surface area contributed by atoms with E-state index in [2.05, 4.69) is 16.0 Å². The van der Waals surface area contributed by atoms with Crippen molar-refractivity contribution in [1.29, 1.82) is 0 Å². The monoisotopic (exact) mass is 669 g/mol. The first-order chi connectivity index (χ1) is 21.6. The van der Waals surface area contributed by atoms with Gasteiger partial charge in [-0.15, -0.1) is 0 Å². The molecule has 3 amide bonds. The summed E-state index contributed by atoms with van der Waals surface area (Å²) in [6.45, 7) is 1.29. The summed E-state index contributed by atoms with van der Waals surface area (Å²) in [4.78, 5) is 35.9. The molecule has 0 aromatic carbocycles. The van der Waals surface area contributed by atoms with Gasteiger partial charge in [-0.05, 0) is 19.4 Å². The van der Waals surface area contributed by atoms with Crippen LogP contribution in [-0.2, 0) is 33.3 Å². The van der Waals surface area contributed by atoms with Crippen molar-refractivity contribution in [3.63, 3.8) is 0 Å². The summed E-state index contributed by atoms with van der Waals surface area (Å²) in [5.74, 6) is -1.99. The second kappa shape index (κ2) is 16.8. The quantitative estimate of drug-likeness (QED) is 0.0917. The van der Waals surface area contributed by atoms with Crippen LogP contribution < -0.4 is 27.4 Å². The first kappa shape index (κ1) is 38.3. The number of carbonyl (C=O) groups excluding carboxylic acids is 3. The molecule has 1 aliphatic carbocycles. The fourth-order valence-corrected chi connectivity index (χ4v) is 5.66. The van der Waals surface area contributed by atoms with Crippen LogP contribution in [0.4, 0.5) is 0 Å². The Morgan fingerprint density at radius 1 is 0.826 bits per heavy atom. The molecule has 0 unspecified atom stereocenters. The summed E-state index contributed by atoms with van der Waals surface area (Å²) in [5.41, 5.74) is 11.7. The van der Waals surface area contributed by atoms with E-state index < -0.39 is 122 Å². The van der Waals surface area contributed by atoms with Crippen molar-refractivity contribution < 1.29 is 74.2 Å². The molecule has 0 aromatic heterocycles. The van der Waals surface area contributed by atoms with E-state index in [1.807, 2.05) is 0 Å². The summed E-state index contributed by atoms with van der Waals surface area (Å²) in [6.07, 6.45) is -21.3. The van der Waals surface area contributed by atoms with E-state index in [-0.39, 0.29) is 25.9 Å². The Kier molecular flexibility index (Phi) is 14.0. The third-order valence-electron chi connectivity index (χ3n) is 8.15. The molecule has 2 saturated heterocycles. The number of hydrogen-bond donors (Lipinski definition) is 13. The third kappa shape index (κ3) is 9.05. The number of aliphatic hydroxyl groups excluding tert-OH is 8. The van der Waals surface area contributed by atoms with Crippen LogP contribution in [-0.4, -0.2) is 176 Å². The number of carbonyl (C=O) groups is 3. The van der Waals surface area contributed by atoms with Crippen molar-refractivity contribution in [3.05, 3.63) is 0 Å². The summed E-state index contributed by atoms with van der Waals surface area (Å²) in [7, 11) is 0. The Labute approximate surface area is 263 Å². The number of rotatable bonds is 12. The first-order valence-electron chi connectivity index (χ1n) is 14.9. The highest BCUT2D eigenvalue weighted by molar-refractivity contribution is 5.80. The number of hydrogen-bond acceptors (Lipinski definition) is 17. The summed E-state index contributed by atoms with van der Waals surface area (Å²) < 4.78 is 22.9. The second-order valence-corrected chi connectivity index (χ2v) is 11.7. The lowest BCUT2D eigenvalue weighted by atomic mass is 9.83. The van der Waals surface area contributed by atoms with E-state index in [0.29, 0.717) is 0 Å². The molecule has 46 heavy (non-hydrogen) atoms. The predicted molar refractivity (Wildman–Crippen MR) is 151 cm³/mol. The molecule has 0 spiro atoms. The Morgan fingerprint density at radius 2 is 1.43 bits per heavy atom. The van der Waals surface area contributed by atoms with E-state index in [1.165, 1.54) is 6.92 Å². The number of ether oxygens (including phenoxy) is 4. The summed E-state index contributed by atoms with van der Waals surface area (Å²) in [5, 5.41) is 91.6. The minimum atomic E-state index is -1.85. The first-order valence-corrected chi connectivity index (χ1v) is 14.9. The minimum absolute atomic E-state index is 0.0258. The topological polar surface area (TPSA) is 338 Å². The van der Waals surface area contributed by atoms with Crippen molar-refractivity contribution in [1.82, 2.24) is 16.0 Å². The lowest BCUT2D eigenvalue weighted by molar-refractivity contribution is -0.333. The maximum atomic E-state index is 12.7. The van der Waals surface area contributed by atoms with E-state index in [0.717, 1.165) is 6.92 Å². The predicted octanol–water partition coefficient (Wildman–Crippen LogP) is -8.07. The van der Waals surface area contributed by atoms with Crippen LogP contribution in [0.5, 0.6) is 0 Å². The molecule has 2 heterocycles. The molecule has 20 nitrogen and oxygen atoms in total. The Bertz CT molecular complexity index is 1030. The molecule has 3 fully saturated rings. The number of aliphatic hydroxyl groups is 8. The largest absolute Gasteiger partial charge is 0.394 e. The van der Waals surface area contributed by atoms with Crippen LogP contribution in [0, 0.1) is 0 Å². The molecule has 16 atom stereocenters. The van der Waals surface area contributed by atoms with Crippen molar-refractivity contribution in [2.45, 2.75) is 125 Å². The average Bonchev–Trinajstić information content (AvgIpc) is 2.99. The normalized spacial score (nSPS) is 42.1. The lowest BCUT2D eigenvalue weighted by Gasteiger charge is -2.49. The number of nitrogens with two attached hydrogens (primary N) is 2. The maximum absolute atomic E-state index is 12.7. The van der Waals surface area contributed by atoms with E-state index in [1.54, 1.807) is 0 Å². The van der Waals surface area contributed by atoms with E-state index in [4.69, 9.17) is 30.4 Å². The van der Waals surface area contributed by atoms with Gasteiger partial charge < -0.3 is 87.2 Å². The van der Waals surface area contributed by atoms with Crippen molar-refractivity contribution >= 4 is 17.7 Å². The number of amides is 3. The third-order valence-corrected chi connectivity index (χ3v) is 8.15. The average molecular weight is 670 g/mol. The molecule has 1 saturated carbocycles. The molecule has 3 rings (SSSR count). The van der Waals surface area contributed by atoms with Gasteiger partial charge >= 0.3 is 0 Å². The zero-order valence-electron chi connectivity index (χ0n) is 25.4. The van der Waals surface area contributed by atoms with Gasteiger partial charge in [0.1, 0.15) is 67.1 Å². The minimum Gasteiger partial charge on any atom is -0.394 e. The van der Waals surface area contributed by atoms with Crippen molar-refractivity contribution in [3.8, 4) is 0 Å². The molecule has 266 valence electrons. The standard InChI is InChI=1S/C26H47N5O15/c1-8(33)29-6-13-17(37)19(39)20(40)26(43-13)45-22-10(28)5-11(31-24(42)12(35)3-4-27)23(21(22)41)46-25-18(38)15(30-9(2)34)16(36)14(7-32)44-25/h10-23,25-26,32,35-41H,3-7,27-28H2,1-2H3,(H,29,33)(H,30,34)(H,31,42)/t10-,11+,12-,13+,14+,15-,16+,17+,18+,19-,20+,21-,22+,23-,25+,26+/m0/s1. The smallest absolute Gasteiger partial charge is 0.249 e. The zero-order chi connectivity index (χ0) is 34.5. The SMILES string of the molecule is CC(=O)NC[C@H]1O[C@H](O[C@H]2[C@H](O)[C@@H](O[C@H]3O[C@H](CO)[C@@H](O)[C@H](NC(C)=O)[C@H]3O)[C@H](NC(=O)[C@@H](O)CCN)C[C@@H]2N)[C@H](O)[C@@H](O)[C@@H]1O. The highest BCUT2D eigenvalue weighted by atomic mass is 16.7. The Hall–Kier alpha value is -2.15. The van der Waals surface area contributed by atoms with Gasteiger partial charge in [0.05, 0.1) is 18.7 Å². The molecular weight excluding hydrogens is 622 g/mol. The summed E-state index contributed by atoms with van der Waals surface area (Å²) >= 11 is 0. The summed E-state index contributed by atoms with van der Waals surface area (Å²) in [6, 6.07) is -3.70. The molecule has 0 aromatic rings. The van der Waals surface area contributed by atoms with Crippen LogP contribution in [0.15, 0.2) is 0 Å². The highest BCUT2D eigenvalue weighted by Gasteiger charge is 2.53. The fraction of sp³-hybridized carbons (Fsp3) is 0.885. The van der Waals surface area contributed by atoms with Crippen LogP contribution >= 0.6 is 0 Å². The van der Waals surface area contributed by atoms with Crippen molar-refractivity contribution in [2.24, 2.45) is 11.5 Å². The Balaban J connectivity index is 1.89. The van der Waals surface area contributed by atoms with Gasteiger partial charge in [0, 0.05) is 26.4 Å². The van der Waals surface area contributed by atoms with Crippen LogP contribution in [0.2, 0.25) is 0 Å². The molecule has 3 aliphatic rings. The molecule has 0 bridgehead atoms. The van der Waals surface area contributed by atoms with Gasteiger partial charge in [-0.25, -0.2) is 0 Å². The van der Waals surface area contributed by atoms with Gasteiger partial charge in [0.2, 0.25) is 17.7 Å². The molecule has 15 N–H and O–H groups in total. The molecule has 0 radical (unpaired) electrons. The van der Waals surface area contributed by atoms with Gasteiger partial charge in [-0.3, -0.25) is 14.4 Å². The number of nitrogens with one attached hydrogen (secondary N) is 3. The zero-order valence-corrected chi connectivity index (χ0v) is 25.4. The molecule has 20 heteroatoms. The van der Waals surface area contributed by atoms with Gasteiger partial charge in [-0.1, -0.05) is 0 Å². The van der Waals surface area contributed by atoms with Gasteiger partial charge in [0.25, 0.3) is 0 Å². The van der Waals surface area contributed by atoms with E-state index >= 15 is 0 Å². The Morgan fingerprint density at radius 3 is 2.02 bits per heavy atom. The lowest BCUT2D eigenvalue weighted by Crippen LogP contribution is -2.70.